The molecule has 0 unspecified atom stereocenters. The van der Waals surface area contributed by atoms with E-state index in [4.69, 9.17) is 19.4 Å². The molecule has 5 rings (SSSR count). The Balaban J connectivity index is 1.49. The summed E-state index contributed by atoms with van der Waals surface area (Å²) >= 11 is 3.41. The molecule has 0 bridgehead atoms. The van der Waals surface area contributed by atoms with Crippen LogP contribution < -0.4 is 10.1 Å². The van der Waals surface area contributed by atoms with Crippen molar-refractivity contribution in [2.24, 2.45) is 0 Å². The van der Waals surface area contributed by atoms with E-state index in [0.717, 1.165) is 60.3 Å². The molecule has 1 aliphatic rings. The molecular weight excluding hydrogens is 430 g/mol. The van der Waals surface area contributed by atoms with E-state index >= 15 is 0 Å². The molecule has 5 heterocycles. The van der Waals surface area contributed by atoms with Crippen LogP contribution in [0.15, 0.2) is 41.2 Å². The Kier molecular flexibility index (Phi) is 6.08. The summed E-state index contributed by atoms with van der Waals surface area (Å²) in [6.07, 6.45) is 1.76. The Morgan fingerprint density at radius 1 is 1.19 bits per heavy atom. The third-order valence-electron chi connectivity index (χ3n) is 5.20. The van der Waals surface area contributed by atoms with Crippen molar-refractivity contribution in [3.05, 3.63) is 52.6 Å². The van der Waals surface area contributed by atoms with Crippen molar-refractivity contribution in [2.75, 3.05) is 38.7 Å². The summed E-state index contributed by atoms with van der Waals surface area (Å²) in [5, 5.41) is 8.92. The second kappa shape index (κ2) is 9.27. The zero-order valence-electron chi connectivity index (χ0n) is 17.2. The second-order valence-electron chi connectivity index (χ2n) is 7.24. The molecule has 1 N–H and O–H groups in total. The average Bonchev–Trinajstić information content (AvgIpc) is 3.48. The summed E-state index contributed by atoms with van der Waals surface area (Å²) in [6.45, 7) is 4.69. The molecule has 0 amide bonds. The molecule has 160 valence electrons. The average molecular weight is 454 g/mol. The fourth-order valence-corrected chi connectivity index (χ4v) is 5.40. The quantitative estimate of drug-likeness (QED) is 0.448. The SMILES string of the molecule is COc1cc(CNc2nc(CN3CCOCC3)nc3scc(-c4cccs4)c23)ccn1. The minimum absolute atomic E-state index is 0.606. The Labute approximate surface area is 188 Å². The van der Waals surface area contributed by atoms with Gasteiger partial charge in [0.25, 0.3) is 0 Å². The van der Waals surface area contributed by atoms with Crippen LogP contribution in [0.2, 0.25) is 0 Å². The van der Waals surface area contributed by atoms with Crippen LogP contribution in [0.4, 0.5) is 5.82 Å². The summed E-state index contributed by atoms with van der Waals surface area (Å²) in [5.41, 5.74) is 2.27. The van der Waals surface area contributed by atoms with Crippen LogP contribution in [0.1, 0.15) is 11.4 Å². The van der Waals surface area contributed by atoms with Crippen LogP contribution in [0, 0.1) is 0 Å². The molecule has 0 radical (unpaired) electrons. The van der Waals surface area contributed by atoms with Crippen molar-refractivity contribution in [3.63, 3.8) is 0 Å². The van der Waals surface area contributed by atoms with Crippen molar-refractivity contribution >= 4 is 38.7 Å². The first-order chi connectivity index (χ1) is 15.3. The summed E-state index contributed by atoms with van der Waals surface area (Å²) in [4.78, 5) is 18.6. The van der Waals surface area contributed by atoms with Gasteiger partial charge in [-0.15, -0.1) is 22.7 Å². The highest BCUT2D eigenvalue weighted by Crippen LogP contribution is 2.39. The van der Waals surface area contributed by atoms with Crippen LogP contribution in [-0.2, 0) is 17.8 Å². The van der Waals surface area contributed by atoms with Crippen molar-refractivity contribution in [3.8, 4) is 16.3 Å². The van der Waals surface area contributed by atoms with E-state index in [9.17, 15) is 0 Å². The van der Waals surface area contributed by atoms with Gasteiger partial charge in [-0.25, -0.2) is 15.0 Å². The van der Waals surface area contributed by atoms with Crippen LogP contribution in [0.3, 0.4) is 0 Å². The van der Waals surface area contributed by atoms with Crippen molar-refractivity contribution < 1.29 is 9.47 Å². The molecule has 1 saturated heterocycles. The Bertz CT molecular complexity index is 1160. The number of anilines is 1. The van der Waals surface area contributed by atoms with Crippen LogP contribution >= 0.6 is 22.7 Å². The lowest BCUT2D eigenvalue weighted by Gasteiger charge is -2.25. The maximum absolute atomic E-state index is 5.48. The number of methoxy groups -OCH3 is 1. The topological polar surface area (TPSA) is 72.4 Å². The smallest absolute Gasteiger partial charge is 0.213 e. The number of nitrogens with zero attached hydrogens (tertiary/aromatic N) is 4. The second-order valence-corrected chi connectivity index (χ2v) is 9.05. The number of morpholine rings is 1. The first kappa shape index (κ1) is 20.3. The van der Waals surface area contributed by atoms with Crippen LogP contribution in [-0.4, -0.2) is 53.3 Å². The fraction of sp³-hybridized carbons (Fsp3) is 0.318. The van der Waals surface area contributed by atoms with Gasteiger partial charge in [-0.05, 0) is 23.1 Å². The van der Waals surface area contributed by atoms with Gasteiger partial charge >= 0.3 is 0 Å². The van der Waals surface area contributed by atoms with Crippen molar-refractivity contribution in [1.82, 2.24) is 19.9 Å². The maximum Gasteiger partial charge on any atom is 0.213 e. The highest BCUT2D eigenvalue weighted by Gasteiger charge is 2.18. The monoisotopic (exact) mass is 453 g/mol. The Morgan fingerprint density at radius 3 is 2.90 bits per heavy atom. The molecule has 0 aliphatic carbocycles. The Morgan fingerprint density at radius 2 is 2.10 bits per heavy atom. The van der Waals surface area contributed by atoms with E-state index in [1.54, 1.807) is 36.0 Å². The summed E-state index contributed by atoms with van der Waals surface area (Å²) in [7, 11) is 1.63. The van der Waals surface area contributed by atoms with E-state index in [0.29, 0.717) is 12.4 Å². The number of fused-ring (bicyclic) bond motifs is 1. The van der Waals surface area contributed by atoms with E-state index in [1.807, 2.05) is 12.1 Å². The van der Waals surface area contributed by atoms with Crippen molar-refractivity contribution in [2.45, 2.75) is 13.1 Å². The number of nitrogens with one attached hydrogen (secondary N) is 1. The van der Waals surface area contributed by atoms with Gasteiger partial charge < -0.3 is 14.8 Å². The normalized spacial score (nSPS) is 14.7. The van der Waals surface area contributed by atoms with Crippen molar-refractivity contribution in [1.29, 1.82) is 0 Å². The van der Waals surface area contributed by atoms with Gasteiger partial charge in [0, 0.05) is 47.7 Å². The third kappa shape index (κ3) is 4.54. The number of rotatable bonds is 7. The molecule has 1 aliphatic heterocycles. The number of hydrogen-bond donors (Lipinski definition) is 1. The molecular formula is C22H23N5O2S2. The molecule has 0 spiro atoms. The third-order valence-corrected chi connectivity index (χ3v) is 6.98. The number of aromatic nitrogens is 3. The van der Waals surface area contributed by atoms with Gasteiger partial charge in [0.2, 0.25) is 5.88 Å². The van der Waals surface area contributed by atoms with Gasteiger partial charge in [0.15, 0.2) is 0 Å². The van der Waals surface area contributed by atoms with Crippen LogP contribution in [0.25, 0.3) is 20.7 Å². The number of hydrogen-bond acceptors (Lipinski definition) is 9. The van der Waals surface area contributed by atoms with Gasteiger partial charge in [-0.1, -0.05) is 6.07 Å². The Hall–Kier alpha value is -2.59. The summed E-state index contributed by atoms with van der Waals surface area (Å²) < 4.78 is 10.7. The predicted octanol–water partition coefficient (Wildman–Crippen LogP) is 4.27. The highest BCUT2D eigenvalue weighted by atomic mass is 32.1. The molecule has 0 saturated carbocycles. The molecule has 4 aromatic rings. The lowest BCUT2D eigenvalue weighted by atomic mass is 10.2. The lowest BCUT2D eigenvalue weighted by molar-refractivity contribution is 0.0331. The number of pyridine rings is 1. The minimum atomic E-state index is 0.606. The maximum atomic E-state index is 5.48. The van der Waals surface area contributed by atoms with E-state index < -0.39 is 0 Å². The minimum Gasteiger partial charge on any atom is -0.481 e. The molecule has 0 atom stereocenters. The van der Waals surface area contributed by atoms with E-state index in [2.05, 4.69) is 38.1 Å². The molecule has 1 fully saturated rings. The van der Waals surface area contributed by atoms with Gasteiger partial charge in [-0.3, -0.25) is 4.90 Å². The van der Waals surface area contributed by atoms with Crippen LogP contribution in [0.5, 0.6) is 5.88 Å². The number of thiophene rings is 2. The molecule has 9 heteroatoms. The summed E-state index contributed by atoms with van der Waals surface area (Å²) in [5.74, 6) is 2.31. The lowest BCUT2D eigenvalue weighted by Crippen LogP contribution is -2.36. The zero-order valence-corrected chi connectivity index (χ0v) is 18.8. The standard InChI is InChI=1S/C22H23N5O2S2/c1-28-19-11-15(4-5-23-19)12-24-21-20-16(17-3-2-10-30-17)14-31-22(20)26-18(25-21)13-27-6-8-29-9-7-27/h2-5,10-11,14H,6-9,12-13H2,1H3,(H,24,25,26). The van der Waals surface area contributed by atoms with Gasteiger partial charge in [0.05, 0.1) is 32.3 Å². The van der Waals surface area contributed by atoms with E-state index in [1.165, 1.54) is 10.4 Å². The molecule has 4 aromatic heterocycles. The molecule has 7 nitrogen and oxygen atoms in total. The van der Waals surface area contributed by atoms with E-state index in [-0.39, 0.29) is 0 Å². The first-order valence-electron chi connectivity index (χ1n) is 10.1. The van der Waals surface area contributed by atoms with Gasteiger partial charge in [0.1, 0.15) is 16.5 Å². The predicted molar refractivity (Wildman–Crippen MR) is 125 cm³/mol. The zero-order chi connectivity index (χ0) is 21.0. The molecule has 0 aromatic carbocycles. The number of ether oxygens (including phenoxy) is 2. The largest absolute Gasteiger partial charge is 0.481 e. The highest BCUT2D eigenvalue weighted by molar-refractivity contribution is 7.18. The fourth-order valence-electron chi connectivity index (χ4n) is 3.61. The summed E-state index contributed by atoms with van der Waals surface area (Å²) in [6, 6.07) is 8.14. The van der Waals surface area contributed by atoms with Gasteiger partial charge in [-0.2, -0.15) is 0 Å². The molecule has 31 heavy (non-hydrogen) atoms. The first-order valence-corrected chi connectivity index (χ1v) is 11.9.